The Hall–Kier alpha value is -1.13. The molecular formula is C15H23NO2S. The van der Waals surface area contributed by atoms with Gasteiger partial charge in [-0.3, -0.25) is 0 Å². The van der Waals surface area contributed by atoms with Gasteiger partial charge in [0.1, 0.15) is 11.5 Å². The van der Waals surface area contributed by atoms with Gasteiger partial charge in [0.25, 0.3) is 0 Å². The van der Waals surface area contributed by atoms with Gasteiger partial charge in [0.15, 0.2) is 0 Å². The van der Waals surface area contributed by atoms with Gasteiger partial charge in [0.2, 0.25) is 0 Å². The van der Waals surface area contributed by atoms with Crippen molar-refractivity contribution >= 4 is 11.8 Å². The van der Waals surface area contributed by atoms with E-state index < -0.39 is 0 Å². The van der Waals surface area contributed by atoms with Crippen molar-refractivity contribution < 1.29 is 9.47 Å². The maximum atomic E-state index is 6.24. The number of allylic oxidation sites excluding steroid dienone is 1. The molecule has 2 atom stereocenters. The SMILES string of the molecule is C=CCC(C)SCC(N)c1ccc(OC)cc1OC. The van der Waals surface area contributed by atoms with Crippen LogP contribution in [0.15, 0.2) is 30.9 Å². The second-order valence-electron chi connectivity index (χ2n) is 4.38. The lowest BCUT2D eigenvalue weighted by molar-refractivity contribution is 0.389. The van der Waals surface area contributed by atoms with E-state index in [1.807, 2.05) is 36.0 Å². The Labute approximate surface area is 120 Å². The Morgan fingerprint density at radius 2 is 2.11 bits per heavy atom. The third kappa shape index (κ3) is 4.80. The summed E-state index contributed by atoms with van der Waals surface area (Å²) in [5, 5.41) is 0.535. The van der Waals surface area contributed by atoms with Crippen LogP contribution in [0.25, 0.3) is 0 Å². The first-order chi connectivity index (χ1) is 9.12. The topological polar surface area (TPSA) is 44.5 Å². The molecule has 2 unspecified atom stereocenters. The van der Waals surface area contributed by atoms with Crippen LogP contribution in [0.4, 0.5) is 0 Å². The van der Waals surface area contributed by atoms with Gasteiger partial charge in [0.05, 0.1) is 14.2 Å². The first-order valence-electron chi connectivity index (χ1n) is 6.32. The molecule has 0 aliphatic heterocycles. The van der Waals surface area contributed by atoms with Gasteiger partial charge < -0.3 is 15.2 Å². The molecule has 0 saturated carbocycles. The molecule has 1 aromatic rings. The first-order valence-corrected chi connectivity index (χ1v) is 7.37. The lowest BCUT2D eigenvalue weighted by Crippen LogP contribution is -2.15. The predicted molar refractivity (Wildman–Crippen MR) is 83.2 cm³/mol. The second kappa shape index (κ2) is 8.12. The number of ether oxygens (including phenoxy) is 2. The number of hydrogen-bond donors (Lipinski definition) is 1. The van der Waals surface area contributed by atoms with Crippen LogP contribution in [-0.4, -0.2) is 25.2 Å². The van der Waals surface area contributed by atoms with E-state index in [-0.39, 0.29) is 6.04 Å². The van der Waals surface area contributed by atoms with E-state index in [0.717, 1.165) is 29.2 Å². The molecular weight excluding hydrogens is 258 g/mol. The zero-order valence-electron chi connectivity index (χ0n) is 11.9. The fraction of sp³-hybridized carbons (Fsp3) is 0.467. The lowest BCUT2D eigenvalue weighted by Gasteiger charge is -2.18. The zero-order valence-corrected chi connectivity index (χ0v) is 12.7. The maximum Gasteiger partial charge on any atom is 0.127 e. The molecule has 0 aromatic heterocycles. The van der Waals surface area contributed by atoms with Gasteiger partial charge in [-0.15, -0.1) is 6.58 Å². The molecule has 1 aromatic carbocycles. The van der Waals surface area contributed by atoms with Crippen molar-refractivity contribution in [1.29, 1.82) is 0 Å². The van der Waals surface area contributed by atoms with Gasteiger partial charge in [0, 0.05) is 28.7 Å². The smallest absolute Gasteiger partial charge is 0.127 e. The average molecular weight is 281 g/mol. The van der Waals surface area contributed by atoms with E-state index >= 15 is 0 Å². The van der Waals surface area contributed by atoms with E-state index in [2.05, 4.69) is 13.5 Å². The molecule has 1 rings (SSSR count). The summed E-state index contributed by atoms with van der Waals surface area (Å²) >= 11 is 1.85. The normalized spacial score (nSPS) is 13.7. The van der Waals surface area contributed by atoms with Crippen LogP contribution in [-0.2, 0) is 0 Å². The second-order valence-corrected chi connectivity index (χ2v) is 5.85. The molecule has 0 radical (unpaired) electrons. The summed E-state index contributed by atoms with van der Waals surface area (Å²) < 4.78 is 10.6. The highest BCUT2D eigenvalue weighted by Gasteiger charge is 2.14. The summed E-state index contributed by atoms with van der Waals surface area (Å²) in [7, 11) is 3.29. The van der Waals surface area contributed by atoms with E-state index in [0.29, 0.717) is 5.25 Å². The first kappa shape index (κ1) is 15.9. The van der Waals surface area contributed by atoms with Crippen molar-refractivity contribution in [1.82, 2.24) is 0 Å². The van der Waals surface area contributed by atoms with Crippen LogP contribution < -0.4 is 15.2 Å². The van der Waals surface area contributed by atoms with Crippen LogP contribution in [0.5, 0.6) is 11.5 Å². The maximum absolute atomic E-state index is 6.24. The van der Waals surface area contributed by atoms with Crippen LogP contribution in [0.3, 0.4) is 0 Å². The molecule has 0 saturated heterocycles. The number of nitrogens with two attached hydrogens (primary N) is 1. The quantitative estimate of drug-likeness (QED) is 0.742. The van der Waals surface area contributed by atoms with Gasteiger partial charge in [-0.1, -0.05) is 19.1 Å². The molecule has 2 N–H and O–H groups in total. The van der Waals surface area contributed by atoms with Crippen molar-refractivity contribution in [2.75, 3.05) is 20.0 Å². The van der Waals surface area contributed by atoms with E-state index in [4.69, 9.17) is 15.2 Å². The van der Waals surface area contributed by atoms with E-state index in [9.17, 15) is 0 Å². The van der Waals surface area contributed by atoms with Gasteiger partial charge >= 0.3 is 0 Å². The molecule has 106 valence electrons. The molecule has 0 aliphatic carbocycles. The Bertz CT molecular complexity index is 409. The number of thioether (sulfide) groups is 1. The van der Waals surface area contributed by atoms with Crippen molar-refractivity contribution in [3.05, 3.63) is 36.4 Å². The summed E-state index contributed by atoms with van der Waals surface area (Å²) in [6.07, 6.45) is 2.94. The van der Waals surface area contributed by atoms with Crippen LogP contribution >= 0.6 is 11.8 Å². The van der Waals surface area contributed by atoms with Crippen LogP contribution in [0.2, 0.25) is 0 Å². The third-order valence-electron chi connectivity index (χ3n) is 2.90. The Kier molecular flexibility index (Phi) is 6.81. The Morgan fingerprint density at radius 3 is 2.68 bits per heavy atom. The highest BCUT2D eigenvalue weighted by molar-refractivity contribution is 7.99. The third-order valence-corrected chi connectivity index (χ3v) is 4.21. The van der Waals surface area contributed by atoms with Gasteiger partial charge in [-0.25, -0.2) is 0 Å². The highest BCUT2D eigenvalue weighted by Crippen LogP contribution is 2.31. The summed E-state index contributed by atoms with van der Waals surface area (Å²) in [6.45, 7) is 5.94. The number of methoxy groups -OCH3 is 2. The minimum atomic E-state index is -0.0434. The Morgan fingerprint density at radius 1 is 1.37 bits per heavy atom. The summed E-state index contributed by atoms with van der Waals surface area (Å²) in [5.41, 5.74) is 7.26. The molecule has 0 fully saturated rings. The minimum Gasteiger partial charge on any atom is -0.497 e. The lowest BCUT2D eigenvalue weighted by atomic mass is 10.1. The molecule has 19 heavy (non-hydrogen) atoms. The number of benzene rings is 1. The fourth-order valence-electron chi connectivity index (χ4n) is 1.79. The average Bonchev–Trinajstić information content (AvgIpc) is 2.44. The molecule has 0 spiro atoms. The predicted octanol–water partition coefficient (Wildman–Crippen LogP) is 3.40. The number of rotatable bonds is 8. The molecule has 4 heteroatoms. The largest absolute Gasteiger partial charge is 0.497 e. The monoisotopic (exact) mass is 281 g/mol. The van der Waals surface area contributed by atoms with Crippen molar-refractivity contribution in [3.63, 3.8) is 0 Å². The van der Waals surface area contributed by atoms with E-state index in [1.54, 1.807) is 14.2 Å². The number of hydrogen-bond acceptors (Lipinski definition) is 4. The van der Waals surface area contributed by atoms with E-state index in [1.165, 1.54) is 0 Å². The molecule has 3 nitrogen and oxygen atoms in total. The van der Waals surface area contributed by atoms with Crippen molar-refractivity contribution in [3.8, 4) is 11.5 Å². The van der Waals surface area contributed by atoms with Gasteiger partial charge in [-0.2, -0.15) is 11.8 Å². The fourth-order valence-corrected chi connectivity index (χ4v) is 2.77. The zero-order chi connectivity index (χ0) is 14.3. The summed E-state index contributed by atoms with van der Waals surface area (Å²) in [5.74, 6) is 2.42. The summed E-state index contributed by atoms with van der Waals surface area (Å²) in [4.78, 5) is 0. The standard InChI is InChI=1S/C15H23NO2S/c1-5-6-11(2)19-10-14(16)13-8-7-12(17-3)9-15(13)18-4/h5,7-9,11,14H,1,6,10,16H2,2-4H3. The van der Waals surface area contributed by atoms with Gasteiger partial charge in [-0.05, 0) is 12.5 Å². The van der Waals surface area contributed by atoms with Crippen molar-refractivity contribution in [2.24, 2.45) is 5.73 Å². The van der Waals surface area contributed by atoms with Crippen molar-refractivity contribution in [2.45, 2.75) is 24.6 Å². The summed E-state index contributed by atoms with van der Waals surface area (Å²) in [6, 6.07) is 5.71. The highest BCUT2D eigenvalue weighted by atomic mass is 32.2. The molecule has 0 bridgehead atoms. The molecule has 0 amide bonds. The Balaban J connectivity index is 2.70. The van der Waals surface area contributed by atoms with Crippen LogP contribution in [0.1, 0.15) is 24.9 Å². The van der Waals surface area contributed by atoms with Crippen LogP contribution in [0, 0.1) is 0 Å². The molecule has 0 heterocycles. The molecule has 0 aliphatic rings. The minimum absolute atomic E-state index is 0.0434.